The minimum absolute atomic E-state index is 0. The summed E-state index contributed by atoms with van der Waals surface area (Å²) in [5, 5.41) is 24.9. The molecule has 0 bridgehead atoms. The number of rotatable bonds is 7. The van der Waals surface area contributed by atoms with Crippen LogP contribution in [0, 0.1) is 13.8 Å². The number of aromatic nitrogens is 1. The second-order valence-corrected chi connectivity index (χ2v) is 9.14. The number of aliphatic carboxylic acids is 1. The van der Waals surface area contributed by atoms with Crippen molar-refractivity contribution in [2.45, 2.75) is 20.4 Å². The van der Waals surface area contributed by atoms with Crippen molar-refractivity contribution >= 4 is 80.7 Å². The number of carboxylic acids is 1. The Morgan fingerprint density at radius 3 is 2.44 bits per heavy atom. The summed E-state index contributed by atoms with van der Waals surface area (Å²) >= 11 is 4.61. The zero-order valence-electron chi connectivity index (χ0n) is 17.7. The van der Waals surface area contributed by atoms with Crippen LogP contribution in [0.2, 0.25) is 0 Å². The van der Waals surface area contributed by atoms with E-state index in [2.05, 4.69) is 31.5 Å². The molecule has 0 saturated carbocycles. The first-order valence-corrected chi connectivity index (χ1v) is 11.3. The molecule has 0 aliphatic carbocycles. The van der Waals surface area contributed by atoms with Crippen LogP contribution in [-0.4, -0.2) is 62.5 Å². The molecular formula is C23H21BrN3NaO5S. The molecule has 3 rings (SSSR count). The number of carbonyl (C=O) groups excluding carboxylic acids is 2. The van der Waals surface area contributed by atoms with Crippen LogP contribution >= 0.6 is 27.3 Å². The Labute approximate surface area is 230 Å². The first-order valence-electron chi connectivity index (χ1n) is 9.70. The first-order chi connectivity index (χ1) is 15.6. The number of amides is 2. The number of carbonyl (C=O) groups is 3. The van der Waals surface area contributed by atoms with Crippen molar-refractivity contribution in [3.05, 3.63) is 84.9 Å². The van der Waals surface area contributed by atoms with E-state index in [0.717, 1.165) is 10.6 Å². The van der Waals surface area contributed by atoms with Gasteiger partial charge in [-0.15, -0.1) is 11.3 Å². The van der Waals surface area contributed by atoms with Crippen LogP contribution in [0.3, 0.4) is 0 Å². The molecule has 1 heterocycles. The summed E-state index contributed by atoms with van der Waals surface area (Å²) < 4.78 is 0.333. The van der Waals surface area contributed by atoms with Crippen molar-refractivity contribution in [3.8, 4) is 5.75 Å². The molecule has 11 heteroatoms. The molecule has 0 atom stereocenters. The Kier molecular flexibility index (Phi) is 10.0. The molecule has 3 aromatic rings. The van der Waals surface area contributed by atoms with Gasteiger partial charge in [-0.3, -0.25) is 9.59 Å². The van der Waals surface area contributed by atoms with Crippen LogP contribution in [0.1, 0.15) is 41.9 Å². The van der Waals surface area contributed by atoms with Crippen molar-refractivity contribution in [3.63, 3.8) is 0 Å². The van der Waals surface area contributed by atoms with Crippen molar-refractivity contribution in [2.75, 3.05) is 0 Å². The van der Waals surface area contributed by atoms with Crippen molar-refractivity contribution in [2.24, 2.45) is 0 Å². The Balaban J connectivity index is 0.00000408. The maximum atomic E-state index is 12.7. The molecule has 8 nitrogen and oxygen atoms in total. The van der Waals surface area contributed by atoms with Crippen molar-refractivity contribution in [1.82, 2.24) is 15.6 Å². The van der Waals surface area contributed by atoms with Crippen LogP contribution in [0.15, 0.2) is 52.6 Å². The van der Waals surface area contributed by atoms with E-state index in [1.807, 2.05) is 6.92 Å². The molecule has 0 radical (unpaired) electrons. The molecule has 2 amide bonds. The van der Waals surface area contributed by atoms with Gasteiger partial charge in [0.2, 0.25) is 0 Å². The van der Waals surface area contributed by atoms with E-state index >= 15 is 0 Å². The molecule has 0 aliphatic heterocycles. The van der Waals surface area contributed by atoms with Crippen LogP contribution in [-0.2, 0) is 11.3 Å². The average Bonchev–Trinajstić information content (AvgIpc) is 3.07. The molecule has 0 unspecified atom stereocenters. The number of aromatic hydroxyl groups is 1. The molecule has 172 valence electrons. The summed E-state index contributed by atoms with van der Waals surface area (Å²) in [4.78, 5) is 41.7. The van der Waals surface area contributed by atoms with Gasteiger partial charge in [0, 0.05) is 16.6 Å². The van der Waals surface area contributed by atoms with E-state index < -0.39 is 11.9 Å². The number of halogens is 1. The fourth-order valence-electron chi connectivity index (χ4n) is 2.94. The van der Waals surface area contributed by atoms with Gasteiger partial charge in [-0.25, -0.2) is 9.78 Å². The fourth-order valence-corrected chi connectivity index (χ4v) is 4.37. The second kappa shape index (κ2) is 12.3. The van der Waals surface area contributed by atoms with Gasteiger partial charge in [0.15, 0.2) is 0 Å². The van der Waals surface area contributed by atoms with Crippen LogP contribution in [0.4, 0.5) is 0 Å². The average molecular weight is 554 g/mol. The molecular weight excluding hydrogens is 533 g/mol. The summed E-state index contributed by atoms with van der Waals surface area (Å²) in [7, 11) is 0. The topological polar surface area (TPSA) is 129 Å². The molecule has 0 fully saturated rings. The molecule has 0 aliphatic rings. The van der Waals surface area contributed by atoms with Gasteiger partial charge in [-0.1, -0.05) is 12.1 Å². The number of carboxylic acid groups (broad SMARTS) is 1. The zero-order valence-corrected chi connectivity index (χ0v) is 20.1. The number of phenols is 1. The number of hydrogen-bond donors (Lipinski definition) is 4. The van der Waals surface area contributed by atoms with Gasteiger partial charge in [0.25, 0.3) is 11.8 Å². The van der Waals surface area contributed by atoms with Crippen molar-refractivity contribution < 1.29 is 24.6 Å². The van der Waals surface area contributed by atoms with E-state index in [9.17, 15) is 24.6 Å². The summed E-state index contributed by atoms with van der Waals surface area (Å²) in [6.07, 6.45) is 1.37. The SMILES string of the molecule is Cc1nc(C)c(/C=C(\NC(=O)c2ccc(C(=O)NCc3cccc(O)c3)cc2Br)C(=O)O)s1.[NaH]. The molecule has 2 aromatic carbocycles. The Morgan fingerprint density at radius 1 is 1.12 bits per heavy atom. The van der Waals surface area contributed by atoms with Gasteiger partial charge in [-0.05, 0) is 71.7 Å². The summed E-state index contributed by atoms with van der Waals surface area (Å²) in [5.41, 5.74) is 1.60. The Morgan fingerprint density at radius 2 is 1.85 bits per heavy atom. The molecule has 4 N–H and O–H groups in total. The summed E-state index contributed by atoms with van der Waals surface area (Å²) in [6, 6.07) is 10.9. The van der Waals surface area contributed by atoms with E-state index in [4.69, 9.17) is 0 Å². The van der Waals surface area contributed by atoms with E-state index in [1.54, 1.807) is 25.1 Å². The van der Waals surface area contributed by atoms with Crippen molar-refractivity contribution in [1.29, 1.82) is 0 Å². The maximum absolute atomic E-state index is 12.7. The van der Waals surface area contributed by atoms with Gasteiger partial charge >= 0.3 is 35.5 Å². The third-order valence-electron chi connectivity index (χ3n) is 4.53. The molecule has 1 aromatic heterocycles. The minimum atomic E-state index is -1.28. The number of phenolic OH excluding ortho intramolecular Hbond substituents is 1. The summed E-state index contributed by atoms with van der Waals surface area (Å²) in [5.74, 6) is -2.18. The van der Waals surface area contributed by atoms with Crippen LogP contribution in [0.5, 0.6) is 5.75 Å². The summed E-state index contributed by atoms with van der Waals surface area (Å²) in [6.45, 7) is 3.79. The number of thiazole rings is 1. The number of hydrogen-bond acceptors (Lipinski definition) is 6. The normalized spacial score (nSPS) is 10.9. The quantitative estimate of drug-likeness (QED) is 0.262. The fraction of sp³-hybridized carbons (Fsp3) is 0.130. The standard InChI is InChI=1S/C23H20BrN3O5S.Na.H/c1-12-20(33-13(2)26-12)10-19(23(31)32)27-22(30)17-7-6-15(9-18(17)24)21(29)25-11-14-4-3-5-16(28)8-14;;/h3-10,28H,11H2,1-2H3,(H,25,29)(H,27,30)(H,31,32);;/b19-10-;;. The number of nitrogens with zero attached hydrogens (tertiary/aromatic N) is 1. The number of benzene rings is 2. The van der Waals surface area contributed by atoms with Gasteiger partial charge < -0.3 is 20.8 Å². The third-order valence-corrected chi connectivity index (χ3v) is 6.21. The first kappa shape index (κ1) is 27.7. The molecule has 0 spiro atoms. The van der Waals surface area contributed by atoms with E-state index in [0.29, 0.717) is 20.6 Å². The van der Waals surface area contributed by atoms with Gasteiger partial charge in [0.1, 0.15) is 11.4 Å². The van der Waals surface area contributed by atoms with E-state index in [1.165, 1.54) is 41.7 Å². The monoisotopic (exact) mass is 553 g/mol. The Hall–Kier alpha value is -2.50. The number of aryl methyl sites for hydroxylation is 2. The second-order valence-electron chi connectivity index (χ2n) is 7.05. The molecule has 0 saturated heterocycles. The van der Waals surface area contributed by atoms with Crippen LogP contribution < -0.4 is 10.6 Å². The van der Waals surface area contributed by atoms with Gasteiger partial charge in [-0.2, -0.15) is 0 Å². The third kappa shape index (κ3) is 7.25. The Bertz CT molecular complexity index is 1280. The predicted octanol–water partition coefficient (Wildman–Crippen LogP) is 3.37. The van der Waals surface area contributed by atoms with E-state index in [-0.39, 0.29) is 59.0 Å². The predicted molar refractivity (Wildman–Crippen MR) is 135 cm³/mol. The number of nitrogens with one attached hydrogen (secondary N) is 2. The van der Waals surface area contributed by atoms with Crippen LogP contribution in [0.25, 0.3) is 6.08 Å². The van der Waals surface area contributed by atoms with Gasteiger partial charge in [0.05, 0.1) is 21.1 Å². The molecule has 34 heavy (non-hydrogen) atoms. The zero-order chi connectivity index (χ0) is 24.1.